The molecule has 2 aromatic heterocycles. The number of nitrogens with one attached hydrogen (secondary N) is 1. The Hall–Kier alpha value is -1.92. The van der Waals surface area contributed by atoms with E-state index in [4.69, 9.17) is 16.3 Å². The highest BCUT2D eigenvalue weighted by Gasteiger charge is 2.12. The molecule has 0 bridgehead atoms. The van der Waals surface area contributed by atoms with Gasteiger partial charge in [0.2, 0.25) is 0 Å². The fraction of sp³-hybridized carbons (Fsp3) is 0.357. The maximum absolute atomic E-state index is 5.91. The van der Waals surface area contributed by atoms with E-state index in [1.165, 1.54) is 0 Å². The van der Waals surface area contributed by atoms with Crippen molar-refractivity contribution in [3.8, 4) is 6.01 Å². The molecular formula is C14H16ClN5O. The van der Waals surface area contributed by atoms with Crippen molar-refractivity contribution in [2.75, 3.05) is 31.1 Å². The smallest absolute Gasteiger partial charge is 0.318 e. The second-order valence-corrected chi connectivity index (χ2v) is 5.12. The number of hydrogen-bond donors (Lipinski definition) is 1. The van der Waals surface area contributed by atoms with Crippen molar-refractivity contribution >= 4 is 17.4 Å². The normalized spacial score (nSPS) is 15.0. The van der Waals surface area contributed by atoms with Gasteiger partial charge < -0.3 is 15.0 Å². The lowest BCUT2D eigenvalue weighted by Gasteiger charge is -2.28. The van der Waals surface area contributed by atoms with Crippen LogP contribution < -0.4 is 15.0 Å². The molecule has 3 rings (SSSR count). The minimum absolute atomic E-state index is 0.297. The molecule has 0 atom stereocenters. The van der Waals surface area contributed by atoms with Gasteiger partial charge in [0.05, 0.1) is 5.69 Å². The highest BCUT2D eigenvalue weighted by atomic mass is 35.5. The van der Waals surface area contributed by atoms with Crippen LogP contribution in [0.25, 0.3) is 0 Å². The van der Waals surface area contributed by atoms with Gasteiger partial charge >= 0.3 is 6.01 Å². The second-order valence-electron chi connectivity index (χ2n) is 4.69. The number of nitrogens with zero attached hydrogens (tertiary/aromatic N) is 4. The van der Waals surface area contributed by atoms with E-state index in [1.54, 1.807) is 24.5 Å². The van der Waals surface area contributed by atoms with Crippen LogP contribution in [-0.2, 0) is 6.61 Å². The van der Waals surface area contributed by atoms with Crippen LogP contribution >= 0.6 is 11.6 Å². The van der Waals surface area contributed by atoms with E-state index in [9.17, 15) is 0 Å². The van der Waals surface area contributed by atoms with Crippen molar-refractivity contribution < 1.29 is 4.74 Å². The van der Waals surface area contributed by atoms with E-state index in [0.717, 1.165) is 37.7 Å². The van der Waals surface area contributed by atoms with Crippen LogP contribution in [0, 0.1) is 0 Å². The summed E-state index contributed by atoms with van der Waals surface area (Å²) < 4.78 is 5.59. The Morgan fingerprint density at radius 1 is 1.19 bits per heavy atom. The molecule has 0 saturated carbocycles. The number of pyridine rings is 1. The molecule has 0 radical (unpaired) electrons. The van der Waals surface area contributed by atoms with Crippen LogP contribution in [0.5, 0.6) is 6.01 Å². The molecule has 1 N–H and O–H groups in total. The molecule has 0 aromatic carbocycles. The lowest BCUT2D eigenvalue weighted by Crippen LogP contribution is -2.43. The first-order valence-electron chi connectivity index (χ1n) is 6.83. The van der Waals surface area contributed by atoms with E-state index in [2.05, 4.69) is 25.2 Å². The third-order valence-corrected chi connectivity index (χ3v) is 3.42. The second kappa shape index (κ2) is 6.69. The van der Waals surface area contributed by atoms with E-state index in [0.29, 0.717) is 17.6 Å². The molecule has 3 heterocycles. The molecular weight excluding hydrogens is 290 g/mol. The van der Waals surface area contributed by atoms with Gasteiger partial charge in [0.15, 0.2) is 0 Å². The van der Waals surface area contributed by atoms with Gasteiger partial charge in [-0.3, -0.25) is 4.98 Å². The number of aromatic nitrogens is 3. The van der Waals surface area contributed by atoms with Crippen molar-refractivity contribution in [1.82, 2.24) is 20.3 Å². The molecule has 1 saturated heterocycles. The van der Waals surface area contributed by atoms with Crippen LogP contribution in [-0.4, -0.2) is 41.1 Å². The molecule has 21 heavy (non-hydrogen) atoms. The van der Waals surface area contributed by atoms with Crippen molar-refractivity contribution in [3.63, 3.8) is 0 Å². The highest BCUT2D eigenvalue weighted by molar-refractivity contribution is 6.30. The van der Waals surface area contributed by atoms with Gasteiger partial charge in [0.1, 0.15) is 12.4 Å². The van der Waals surface area contributed by atoms with Gasteiger partial charge in [-0.05, 0) is 18.2 Å². The summed E-state index contributed by atoms with van der Waals surface area (Å²) in [6, 6.07) is 5.75. The maximum Gasteiger partial charge on any atom is 0.318 e. The predicted octanol–water partition coefficient (Wildman–Crippen LogP) is 1.51. The Kier molecular flexibility index (Phi) is 4.47. The standard InChI is InChI=1S/C14H16ClN5O/c15-11-1-3-17-12(9-11)10-21-14-18-4-2-13(19-14)20-7-5-16-6-8-20/h1-4,9,16H,5-8,10H2. The SMILES string of the molecule is Clc1ccnc(COc2nccc(N3CCNCC3)n2)c1. The average molecular weight is 306 g/mol. The Morgan fingerprint density at radius 2 is 2.00 bits per heavy atom. The number of hydrogen-bond acceptors (Lipinski definition) is 6. The minimum atomic E-state index is 0.297. The fourth-order valence-corrected chi connectivity index (χ4v) is 2.32. The molecule has 2 aromatic rings. The summed E-state index contributed by atoms with van der Waals surface area (Å²) >= 11 is 5.91. The number of halogens is 1. The summed E-state index contributed by atoms with van der Waals surface area (Å²) in [4.78, 5) is 15.0. The summed E-state index contributed by atoms with van der Waals surface area (Å²) in [5.74, 6) is 0.889. The first-order chi connectivity index (χ1) is 10.3. The van der Waals surface area contributed by atoms with Crippen molar-refractivity contribution in [1.29, 1.82) is 0 Å². The van der Waals surface area contributed by atoms with Gasteiger partial charge in [-0.25, -0.2) is 4.98 Å². The minimum Gasteiger partial charge on any atom is -0.457 e. The van der Waals surface area contributed by atoms with Crippen LogP contribution in [0.2, 0.25) is 5.02 Å². The Bertz CT molecular complexity index is 603. The zero-order valence-corrected chi connectivity index (χ0v) is 12.3. The third-order valence-electron chi connectivity index (χ3n) is 3.19. The fourth-order valence-electron chi connectivity index (χ4n) is 2.14. The Labute approximate surface area is 128 Å². The van der Waals surface area contributed by atoms with E-state index >= 15 is 0 Å². The van der Waals surface area contributed by atoms with Gasteiger partial charge in [0.25, 0.3) is 0 Å². The largest absolute Gasteiger partial charge is 0.457 e. The monoisotopic (exact) mass is 305 g/mol. The molecule has 1 aliphatic heterocycles. The maximum atomic E-state index is 5.91. The molecule has 1 aliphatic rings. The van der Waals surface area contributed by atoms with Gasteiger partial charge in [-0.15, -0.1) is 0 Å². The zero-order chi connectivity index (χ0) is 14.5. The molecule has 6 nitrogen and oxygen atoms in total. The van der Waals surface area contributed by atoms with Gasteiger partial charge in [-0.2, -0.15) is 4.98 Å². The quantitative estimate of drug-likeness (QED) is 0.924. The first-order valence-corrected chi connectivity index (χ1v) is 7.21. The van der Waals surface area contributed by atoms with Crippen molar-refractivity contribution in [2.24, 2.45) is 0 Å². The highest BCUT2D eigenvalue weighted by Crippen LogP contribution is 2.15. The molecule has 1 fully saturated rings. The van der Waals surface area contributed by atoms with Crippen LogP contribution in [0.15, 0.2) is 30.6 Å². The number of rotatable bonds is 4. The lowest BCUT2D eigenvalue weighted by molar-refractivity contribution is 0.276. The molecule has 0 spiro atoms. The van der Waals surface area contributed by atoms with E-state index in [-0.39, 0.29) is 0 Å². The molecule has 0 amide bonds. The number of anilines is 1. The predicted molar refractivity (Wildman–Crippen MR) is 80.7 cm³/mol. The summed E-state index contributed by atoms with van der Waals surface area (Å²) in [7, 11) is 0. The average Bonchev–Trinajstić information content (AvgIpc) is 2.54. The Balaban J connectivity index is 1.65. The third kappa shape index (κ3) is 3.80. The summed E-state index contributed by atoms with van der Waals surface area (Å²) in [5, 5.41) is 3.95. The molecule has 7 heteroatoms. The molecule has 0 unspecified atom stereocenters. The summed E-state index contributed by atoms with van der Waals surface area (Å²) in [5.41, 5.74) is 0.749. The number of piperazine rings is 1. The Morgan fingerprint density at radius 3 is 2.81 bits per heavy atom. The number of ether oxygens (including phenoxy) is 1. The molecule has 110 valence electrons. The van der Waals surface area contributed by atoms with Crippen LogP contribution in [0.3, 0.4) is 0 Å². The lowest BCUT2D eigenvalue weighted by atomic mass is 10.3. The van der Waals surface area contributed by atoms with Gasteiger partial charge in [-0.1, -0.05) is 11.6 Å². The van der Waals surface area contributed by atoms with E-state index in [1.807, 2.05) is 6.07 Å². The van der Waals surface area contributed by atoms with Crippen LogP contribution in [0.1, 0.15) is 5.69 Å². The molecule has 0 aliphatic carbocycles. The summed E-state index contributed by atoms with van der Waals surface area (Å²) in [6.07, 6.45) is 3.37. The van der Waals surface area contributed by atoms with E-state index < -0.39 is 0 Å². The zero-order valence-electron chi connectivity index (χ0n) is 11.5. The van der Waals surface area contributed by atoms with Crippen molar-refractivity contribution in [3.05, 3.63) is 41.3 Å². The van der Waals surface area contributed by atoms with Crippen LogP contribution in [0.4, 0.5) is 5.82 Å². The topological polar surface area (TPSA) is 63.2 Å². The van der Waals surface area contributed by atoms with Gasteiger partial charge in [0, 0.05) is 43.6 Å². The summed E-state index contributed by atoms with van der Waals surface area (Å²) in [6.45, 7) is 4.10. The first kappa shape index (κ1) is 14.0. The van der Waals surface area contributed by atoms with Crippen molar-refractivity contribution in [2.45, 2.75) is 6.61 Å².